The van der Waals surface area contributed by atoms with Crippen LogP contribution in [0.4, 0.5) is 0 Å². The van der Waals surface area contributed by atoms with Crippen molar-refractivity contribution in [2.45, 2.75) is 0 Å². The molecule has 0 fully saturated rings. The molecule has 3 N–H and O–H groups in total. The highest BCUT2D eigenvalue weighted by atomic mass is 16.6. The van der Waals surface area contributed by atoms with Gasteiger partial charge in [0.2, 0.25) is 0 Å². The van der Waals surface area contributed by atoms with Gasteiger partial charge in [0.1, 0.15) is 6.67 Å². The summed E-state index contributed by atoms with van der Waals surface area (Å²) in [6.45, 7) is 0.0521. The van der Waals surface area contributed by atoms with Gasteiger partial charge in [0.05, 0.1) is 0 Å². The number of nitrogens with one attached hydrogen (secondary N) is 1. The lowest BCUT2D eigenvalue weighted by Gasteiger charge is -2.23. The van der Waals surface area contributed by atoms with Gasteiger partial charge >= 0.3 is 0 Å². The van der Waals surface area contributed by atoms with Crippen LogP contribution in [0.1, 0.15) is 0 Å². The molecule has 0 atom stereocenters. The molecule has 5 heteroatoms. The van der Waals surface area contributed by atoms with Crippen LogP contribution in [0.25, 0.3) is 0 Å². The van der Waals surface area contributed by atoms with E-state index in [0.29, 0.717) is 0 Å². The van der Waals surface area contributed by atoms with Crippen molar-refractivity contribution < 1.29 is 10.4 Å². The number of hydrogen-bond donors (Lipinski definition) is 3. The van der Waals surface area contributed by atoms with E-state index < -0.39 is 0 Å². The summed E-state index contributed by atoms with van der Waals surface area (Å²) in [6, 6.07) is 0. The normalized spacial score (nSPS) is 21.0. The molecular weight excluding hydrogens is 110 g/mol. The van der Waals surface area contributed by atoms with E-state index in [-0.39, 0.29) is 6.67 Å². The van der Waals surface area contributed by atoms with E-state index in [9.17, 15) is 0 Å². The second kappa shape index (κ2) is 1.99. The zero-order valence-corrected chi connectivity index (χ0v) is 4.15. The third-order valence-electron chi connectivity index (χ3n) is 0.749. The summed E-state index contributed by atoms with van der Waals surface area (Å²) >= 11 is 0. The Morgan fingerprint density at radius 3 is 2.62 bits per heavy atom. The van der Waals surface area contributed by atoms with E-state index in [1.54, 1.807) is 0 Å². The van der Waals surface area contributed by atoms with Crippen molar-refractivity contribution in [3.05, 3.63) is 12.4 Å². The van der Waals surface area contributed by atoms with Gasteiger partial charge in [-0.25, -0.2) is 5.06 Å². The first-order valence-electron chi connectivity index (χ1n) is 2.14. The predicted octanol–water partition coefficient (Wildman–Crippen LogP) is -0.684. The van der Waals surface area contributed by atoms with Crippen molar-refractivity contribution in [1.29, 1.82) is 0 Å². The van der Waals surface area contributed by atoms with Crippen molar-refractivity contribution >= 4 is 0 Å². The van der Waals surface area contributed by atoms with Crippen LogP contribution in [0.2, 0.25) is 0 Å². The van der Waals surface area contributed by atoms with Crippen molar-refractivity contribution in [2.75, 3.05) is 6.67 Å². The summed E-state index contributed by atoms with van der Waals surface area (Å²) in [6.07, 6.45) is 2.80. The highest BCUT2D eigenvalue weighted by Crippen LogP contribution is 1.89. The zero-order valence-electron chi connectivity index (χ0n) is 4.15. The lowest BCUT2D eigenvalue weighted by atomic mass is 10.8. The number of rotatable bonds is 0. The van der Waals surface area contributed by atoms with Crippen molar-refractivity contribution in [3.8, 4) is 0 Å². The monoisotopic (exact) mass is 117 g/mol. The summed E-state index contributed by atoms with van der Waals surface area (Å²) in [4.78, 5) is 0. The lowest BCUT2D eigenvalue weighted by molar-refractivity contribution is -0.213. The molecule has 8 heavy (non-hydrogen) atoms. The number of hydroxylamine groups is 3. The largest absolute Gasteiger partial charge is 0.300 e. The fraction of sp³-hybridized carbons (Fsp3) is 0.333. The third kappa shape index (κ3) is 1.09. The maximum atomic E-state index is 8.58. The maximum absolute atomic E-state index is 8.58. The maximum Gasteiger partial charge on any atom is 0.141 e. The second-order valence-corrected chi connectivity index (χ2v) is 1.43. The third-order valence-corrected chi connectivity index (χ3v) is 0.749. The minimum absolute atomic E-state index is 0.0521. The van der Waals surface area contributed by atoms with Gasteiger partial charge in [-0.15, -0.1) is 0 Å². The van der Waals surface area contributed by atoms with Crippen LogP contribution >= 0.6 is 0 Å². The first-order valence-corrected chi connectivity index (χ1v) is 2.14. The van der Waals surface area contributed by atoms with Gasteiger partial charge < -0.3 is 5.43 Å². The molecular formula is C3H7N3O2. The Morgan fingerprint density at radius 2 is 2.25 bits per heavy atom. The number of hydrogen-bond acceptors (Lipinski definition) is 5. The molecule has 1 aliphatic heterocycles. The van der Waals surface area contributed by atoms with Crippen LogP contribution in [-0.2, 0) is 0 Å². The Morgan fingerprint density at radius 1 is 1.50 bits per heavy atom. The van der Waals surface area contributed by atoms with Gasteiger partial charge in [0, 0.05) is 12.4 Å². The second-order valence-electron chi connectivity index (χ2n) is 1.43. The Balaban J connectivity index is 2.42. The summed E-state index contributed by atoms with van der Waals surface area (Å²) in [5.41, 5.74) is 2.42. The molecule has 1 aliphatic rings. The molecule has 0 bridgehead atoms. The van der Waals surface area contributed by atoms with Gasteiger partial charge in [-0.2, -0.15) is 0 Å². The van der Waals surface area contributed by atoms with Crippen LogP contribution in [0, 0.1) is 0 Å². The average molecular weight is 117 g/mol. The smallest absolute Gasteiger partial charge is 0.141 e. The van der Waals surface area contributed by atoms with Crippen molar-refractivity contribution in [2.24, 2.45) is 0 Å². The first-order chi connectivity index (χ1) is 3.79. The van der Waals surface area contributed by atoms with Gasteiger partial charge in [-0.3, -0.25) is 10.4 Å². The summed E-state index contributed by atoms with van der Waals surface area (Å²) in [5.74, 6) is 0. The van der Waals surface area contributed by atoms with E-state index in [0.717, 1.165) is 10.2 Å². The highest BCUT2D eigenvalue weighted by Gasteiger charge is 2.03. The first kappa shape index (κ1) is 5.36. The minimum atomic E-state index is 0.0521. The molecule has 0 aromatic heterocycles. The molecule has 0 unspecified atom stereocenters. The topological polar surface area (TPSA) is 59.0 Å². The van der Waals surface area contributed by atoms with Crippen molar-refractivity contribution in [3.63, 3.8) is 0 Å². The molecule has 0 saturated carbocycles. The quantitative estimate of drug-likeness (QED) is 0.392. The van der Waals surface area contributed by atoms with Crippen LogP contribution in [0.3, 0.4) is 0 Å². The molecule has 0 amide bonds. The molecule has 0 spiro atoms. The van der Waals surface area contributed by atoms with E-state index in [1.807, 2.05) is 0 Å². The molecule has 1 rings (SSSR count). The molecule has 0 saturated heterocycles. The SMILES string of the molecule is ON1C=CNN(O)C1. The molecule has 0 aliphatic carbocycles. The summed E-state index contributed by atoms with van der Waals surface area (Å²) in [7, 11) is 0. The van der Waals surface area contributed by atoms with Crippen LogP contribution in [-0.4, -0.2) is 27.3 Å². The van der Waals surface area contributed by atoms with Gasteiger partial charge in [-0.1, -0.05) is 5.17 Å². The van der Waals surface area contributed by atoms with Crippen LogP contribution in [0.5, 0.6) is 0 Å². The number of hydrazine groups is 1. The Bertz CT molecular complexity index is 105. The van der Waals surface area contributed by atoms with Crippen molar-refractivity contribution in [1.82, 2.24) is 15.7 Å². The summed E-state index contributed by atoms with van der Waals surface area (Å²) < 4.78 is 0. The molecule has 0 aromatic rings. The Labute approximate surface area is 46.3 Å². The summed E-state index contributed by atoms with van der Waals surface area (Å²) in [5, 5.41) is 18.7. The highest BCUT2D eigenvalue weighted by molar-refractivity contribution is 4.76. The van der Waals surface area contributed by atoms with Gasteiger partial charge in [0.25, 0.3) is 0 Å². The average Bonchev–Trinajstić information content (AvgIpc) is 1.64. The van der Waals surface area contributed by atoms with Gasteiger partial charge in [-0.05, 0) is 0 Å². The number of nitrogens with zero attached hydrogens (tertiary/aromatic N) is 2. The standard InChI is InChI=1S/C3H7N3O2/c7-5-2-1-4-6(8)3-5/h1-2,4,7-8H,3H2. The van der Waals surface area contributed by atoms with Crippen LogP contribution < -0.4 is 5.43 Å². The van der Waals surface area contributed by atoms with Gasteiger partial charge in [0.15, 0.2) is 0 Å². The van der Waals surface area contributed by atoms with Crippen LogP contribution in [0.15, 0.2) is 12.4 Å². The van der Waals surface area contributed by atoms with E-state index in [4.69, 9.17) is 10.4 Å². The fourth-order valence-electron chi connectivity index (χ4n) is 0.431. The molecule has 46 valence electrons. The lowest BCUT2D eigenvalue weighted by Crippen LogP contribution is -2.41. The molecule has 5 nitrogen and oxygen atoms in total. The Hall–Kier alpha value is -0.780. The van der Waals surface area contributed by atoms with E-state index >= 15 is 0 Å². The minimum Gasteiger partial charge on any atom is -0.300 e. The fourth-order valence-corrected chi connectivity index (χ4v) is 0.431. The zero-order chi connectivity index (χ0) is 5.98. The molecule has 1 heterocycles. The molecule has 0 radical (unpaired) electrons. The Kier molecular flexibility index (Phi) is 1.34. The van der Waals surface area contributed by atoms with E-state index in [2.05, 4.69) is 5.43 Å². The van der Waals surface area contributed by atoms with E-state index in [1.165, 1.54) is 12.4 Å². The molecule has 0 aromatic carbocycles. The predicted molar refractivity (Wildman–Crippen MR) is 24.4 cm³/mol.